The molecular formula is C22H25F3N8O. The van der Waals surface area contributed by atoms with E-state index in [1.807, 2.05) is 16.5 Å². The summed E-state index contributed by atoms with van der Waals surface area (Å²) in [6, 6.07) is 1.25. The zero-order valence-electron chi connectivity index (χ0n) is 19.0. The lowest BCUT2D eigenvalue weighted by Crippen LogP contribution is -2.32. The molecule has 6 rings (SSSR count). The number of aromatic nitrogens is 6. The van der Waals surface area contributed by atoms with Crippen molar-refractivity contribution in [1.29, 1.82) is 0 Å². The van der Waals surface area contributed by atoms with Crippen molar-refractivity contribution >= 4 is 22.8 Å². The monoisotopic (exact) mass is 474 g/mol. The first-order chi connectivity index (χ1) is 16.2. The van der Waals surface area contributed by atoms with Crippen LogP contribution in [0.4, 0.5) is 24.8 Å². The van der Waals surface area contributed by atoms with Crippen molar-refractivity contribution in [1.82, 2.24) is 29.7 Å². The maximum Gasteiger partial charge on any atom is 0.433 e. The number of fused-ring (bicyclic) bond motifs is 1. The summed E-state index contributed by atoms with van der Waals surface area (Å²) in [4.78, 5) is 21.6. The third kappa shape index (κ3) is 3.55. The number of ether oxygens (including phenoxy) is 1. The summed E-state index contributed by atoms with van der Waals surface area (Å²) < 4.78 is 47.0. The van der Waals surface area contributed by atoms with Gasteiger partial charge in [0.15, 0.2) is 5.65 Å². The summed E-state index contributed by atoms with van der Waals surface area (Å²) in [6.45, 7) is 7.61. The largest absolute Gasteiger partial charge is 0.433 e. The molecule has 6 heterocycles. The van der Waals surface area contributed by atoms with Gasteiger partial charge in [-0.05, 0) is 26.7 Å². The summed E-state index contributed by atoms with van der Waals surface area (Å²) in [6.07, 6.45) is -0.861. The van der Waals surface area contributed by atoms with Gasteiger partial charge in [-0.3, -0.25) is 0 Å². The Balaban J connectivity index is 1.22. The number of aryl methyl sites for hydroxylation is 2. The Bertz CT molecular complexity index is 1260. The first-order valence-corrected chi connectivity index (χ1v) is 11.4. The normalized spacial score (nSPS) is 23.4. The molecule has 180 valence electrons. The molecule has 3 aromatic rings. The molecule has 12 heteroatoms. The molecule has 3 aromatic heterocycles. The van der Waals surface area contributed by atoms with Gasteiger partial charge < -0.3 is 14.5 Å². The average molecular weight is 474 g/mol. The zero-order chi connectivity index (χ0) is 23.7. The Morgan fingerprint density at radius 3 is 2.35 bits per heavy atom. The Kier molecular flexibility index (Phi) is 4.74. The average Bonchev–Trinajstić information content (AvgIpc) is 3.45. The summed E-state index contributed by atoms with van der Waals surface area (Å²) in [5, 5.41) is 4.62. The van der Waals surface area contributed by atoms with Gasteiger partial charge in [0.2, 0.25) is 0 Å². The van der Waals surface area contributed by atoms with Gasteiger partial charge in [-0.1, -0.05) is 0 Å². The third-order valence-electron chi connectivity index (χ3n) is 7.16. The van der Waals surface area contributed by atoms with Crippen molar-refractivity contribution in [3.63, 3.8) is 0 Å². The summed E-state index contributed by atoms with van der Waals surface area (Å²) in [5.41, 5.74) is 1.51. The summed E-state index contributed by atoms with van der Waals surface area (Å²) in [7, 11) is 0. The highest BCUT2D eigenvalue weighted by Gasteiger charge is 2.45. The van der Waals surface area contributed by atoms with Gasteiger partial charge >= 0.3 is 6.18 Å². The number of halogens is 3. The topological polar surface area (TPSA) is 85.1 Å². The van der Waals surface area contributed by atoms with Gasteiger partial charge in [0.05, 0.1) is 25.1 Å². The fourth-order valence-electron chi connectivity index (χ4n) is 5.27. The van der Waals surface area contributed by atoms with E-state index in [1.165, 1.54) is 6.92 Å². The molecule has 0 radical (unpaired) electrons. The highest BCUT2D eigenvalue weighted by atomic mass is 19.4. The molecule has 0 N–H and O–H groups in total. The Labute approximate surface area is 194 Å². The van der Waals surface area contributed by atoms with Gasteiger partial charge in [-0.2, -0.15) is 18.3 Å². The number of rotatable bonds is 3. The van der Waals surface area contributed by atoms with Crippen LogP contribution in [0.1, 0.15) is 36.1 Å². The quantitative estimate of drug-likeness (QED) is 0.573. The standard InChI is InChI=1S/C22H25F3N8O/c1-13-19-20(33(30-13)15-9-34-10-15)29-18(8-26-19)32-6-4-21(12-32)3-5-31(11-21)17-7-16(22(23,24)25)27-14(2)28-17/h7-8,15H,3-6,9-12H2,1-2H3/t21-/m0/s1. The van der Waals surface area contributed by atoms with Crippen LogP contribution in [0.5, 0.6) is 0 Å². The van der Waals surface area contributed by atoms with E-state index in [0.29, 0.717) is 32.1 Å². The minimum atomic E-state index is -4.49. The molecule has 0 saturated carbocycles. The molecule has 3 fully saturated rings. The van der Waals surface area contributed by atoms with Crippen molar-refractivity contribution in [2.24, 2.45) is 5.41 Å². The molecule has 0 amide bonds. The minimum absolute atomic E-state index is 0.0220. The van der Waals surface area contributed by atoms with Gasteiger partial charge in [-0.25, -0.2) is 24.6 Å². The van der Waals surface area contributed by atoms with E-state index in [-0.39, 0.29) is 17.3 Å². The van der Waals surface area contributed by atoms with E-state index in [4.69, 9.17) is 9.72 Å². The van der Waals surface area contributed by atoms with E-state index in [1.54, 1.807) is 6.20 Å². The molecule has 1 atom stereocenters. The van der Waals surface area contributed by atoms with Crippen molar-refractivity contribution in [2.75, 3.05) is 49.2 Å². The van der Waals surface area contributed by atoms with Crippen LogP contribution < -0.4 is 9.80 Å². The number of alkyl halides is 3. The zero-order valence-corrected chi connectivity index (χ0v) is 19.0. The summed E-state index contributed by atoms with van der Waals surface area (Å²) >= 11 is 0. The number of anilines is 2. The molecule has 3 saturated heterocycles. The van der Waals surface area contributed by atoms with Crippen LogP contribution in [0.3, 0.4) is 0 Å². The minimum Gasteiger partial charge on any atom is -0.377 e. The van der Waals surface area contributed by atoms with Crippen LogP contribution in [0.2, 0.25) is 0 Å². The first kappa shape index (κ1) is 21.5. The predicted octanol–water partition coefficient (Wildman–Crippen LogP) is 2.93. The molecular weight excluding hydrogens is 449 g/mol. The number of nitrogens with zero attached hydrogens (tertiary/aromatic N) is 8. The summed E-state index contributed by atoms with van der Waals surface area (Å²) in [5.74, 6) is 1.28. The molecule has 0 aliphatic carbocycles. The lowest BCUT2D eigenvalue weighted by Gasteiger charge is -2.27. The molecule has 3 aliphatic rings. The van der Waals surface area contributed by atoms with Crippen molar-refractivity contribution in [2.45, 2.75) is 38.9 Å². The SMILES string of the molecule is Cc1nc(N2CC[C@]3(CCN(c4cnc5c(C)nn(C6COC6)c5n4)C3)C2)cc(C(F)(F)F)n1. The molecule has 34 heavy (non-hydrogen) atoms. The maximum atomic E-state index is 13.2. The van der Waals surface area contributed by atoms with E-state index >= 15 is 0 Å². The molecule has 0 bridgehead atoms. The van der Waals surface area contributed by atoms with Crippen LogP contribution in [-0.2, 0) is 10.9 Å². The van der Waals surface area contributed by atoms with Crippen LogP contribution in [0, 0.1) is 19.3 Å². The second-order valence-corrected chi connectivity index (χ2v) is 9.62. The molecule has 1 spiro atoms. The van der Waals surface area contributed by atoms with Crippen LogP contribution in [0.15, 0.2) is 12.3 Å². The van der Waals surface area contributed by atoms with Crippen LogP contribution in [-0.4, -0.2) is 69.1 Å². The predicted molar refractivity (Wildman–Crippen MR) is 118 cm³/mol. The Morgan fingerprint density at radius 2 is 1.71 bits per heavy atom. The smallest absolute Gasteiger partial charge is 0.377 e. The highest BCUT2D eigenvalue weighted by Crippen LogP contribution is 2.42. The lowest BCUT2D eigenvalue weighted by molar-refractivity contribution is -0.141. The second-order valence-electron chi connectivity index (χ2n) is 9.62. The number of hydrogen-bond donors (Lipinski definition) is 0. The van der Waals surface area contributed by atoms with Crippen molar-refractivity contribution in [3.8, 4) is 0 Å². The third-order valence-corrected chi connectivity index (χ3v) is 7.16. The Hall–Kier alpha value is -3.02. The van der Waals surface area contributed by atoms with Gasteiger partial charge in [0.25, 0.3) is 0 Å². The Morgan fingerprint density at radius 1 is 1.00 bits per heavy atom. The maximum absolute atomic E-state index is 13.2. The van der Waals surface area contributed by atoms with Gasteiger partial charge in [0, 0.05) is 37.7 Å². The van der Waals surface area contributed by atoms with E-state index < -0.39 is 11.9 Å². The first-order valence-electron chi connectivity index (χ1n) is 11.4. The van der Waals surface area contributed by atoms with Crippen LogP contribution in [0.25, 0.3) is 11.2 Å². The fourth-order valence-corrected chi connectivity index (χ4v) is 5.27. The van der Waals surface area contributed by atoms with Gasteiger partial charge in [-0.15, -0.1) is 0 Å². The lowest BCUT2D eigenvalue weighted by atomic mass is 9.86. The van der Waals surface area contributed by atoms with Gasteiger partial charge in [0.1, 0.15) is 34.7 Å². The highest BCUT2D eigenvalue weighted by molar-refractivity contribution is 5.75. The molecule has 9 nitrogen and oxygen atoms in total. The van der Waals surface area contributed by atoms with Crippen LogP contribution >= 0.6 is 0 Å². The molecule has 0 unspecified atom stereocenters. The van der Waals surface area contributed by atoms with Crippen molar-refractivity contribution < 1.29 is 17.9 Å². The van der Waals surface area contributed by atoms with Crippen molar-refractivity contribution in [3.05, 3.63) is 29.5 Å². The number of hydrogen-bond acceptors (Lipinski definition) is 8. The second kappa shape index (κ2) is 7.49. The van der Waals surface area contributed by atoms with E-state index in [2.05, 4.69) is 25.0 Å². The molecule has 3 aliphatic heterocycles. The van der Waals surface area contributed by atoms with E-state index in [9.17, 15) is 13.2 Å². The molecule has 0 aromatic carbocycles. The fraction of sp³-hybridized carbons (Fsp3) is 0.591. The van der Waals surface area contributed by atoms with E-state index in [0.717, 1.165) is 54.7 Å².